The summed E-state index contributed by atoms with van der Waals surface area (Å²) in [5, 5.41) is 3.36. The molecular formula is C17H30N2. The summed E-state index contributed by atoms with van der Waals surface area (Å²) in [5.74, 6) is 0.718. The minimum Gasteiger partial charge on any atom is -0.313 e. The van der Waals surface area contributed by atoms with Crippen molar-refractivity contribution < 1.29 is 0 Å². The van der Waals surface area contributed by atoms with Gasteiger partial charge in [0.25, 0.3) is 0 Å². The van der Waals surface area contributed by atoms with Crippen LogP contribution in [-0.4, -0.2) is 24.0 Å². The highest BCUT2D eigenvalue weighted by Gasteiger charge is 2.11. The number of hydrogen-bond donors (Lipinski definition) is 1. The van der Waals surface area contributed by atoms with Crippen molar-refractivity contribution in [1.29, 1.82) is 0 Å². The summed E-state index contributed by atoms with van der Waals surface area (Å²) in [5.41, 5.74) is 2.78. The molecular weight excluding hydrogens is 232 g/mol. The van der Waals surface area contributed by atoms with Crippen molar-refractivity contribution in [1.82, 2.24) is 10.2 Å². The van der Waals surface area contributed by atoms with E-state index in [0.29, 0.717) is 6.04 Å². The van der Waals surface area contributed by atoms with Crippen molar-refractivity contribution in [2.45, 2.75) is 53.8 Å². The number of hydrogen-bond acceptors (Lipinski definition) is 2. The summed E-state index contributed by atoms with van der Waals surface area (Å²) in [6.07, 6.45) is 0. The highest BCUT2D eigenvalue weighted by atomic mass is 15.1. The first-order valence-electron chi connectivity index (χ1n) is 7.55. The van der Waals surface area contributed by atoms with Gasteiger partial charge in [0.2, 0.25) is 0 Å². The molecule has 0 unspecified atom stereocenters. The summed E-state index contributed by atoms with van der Waals surface area (Å²) < 4.78 is 0. The van der Waals surface area contributed by atoms with Gasteiger partial charge < -0.3 is 5.32 Å². The molecule has 0 aliphatic heterocycles. The zero-order valence-electron chi connectivity index (χ0n) is 13.2. The maximum absolute atomic E-state index is 3.36. The van der Waals surface area contributed by atoms with E-state index in [4.69, 9.17) is 0 Å². The first-order chi connectivity index (χ1) is 9.02. The fourth-order valence-electron chi connectivity index (χ4n) is 2.19. The molecule has 1 rings (SSSR count). The maximum Gasteiger partial charge on any atom is 0.0236 e. The third-order valence-corrected chi connectivity index (χ3v) is 3.32. The SMILES string of the molecule is CCNCc1ccc(CN(CC(C)C)C(C)C)cc1. The topological polar surface area (TPSA) is 15.3 Å². The van der Waals surface area contributed by atoms with Gasteiger partial charge >= 0.3 is 0 Å². The Morgan fingerprint density at radius 1 is 1.00 bits per heavy atom. The molecule has 0 fully saturated rings. The van der Waals surface area contributed by atoms with Gasteiger partial charge in [-0.1, -0.05) is 45.0 Å². The Labute approximate surface area is 119 Å². The van der Waals surface area contributed by atoms with E-state index in [1.807, 2.05) is 0 Å². The Morgan fingerprint density at radius 3 is 2.05 bits per heavy atom. The molecule has 0 aliphatic carbocycles. The third-order valence-electron chi connectivity index (χ3n) is 3.32. The first kappa shape index (κ1) is 16.2. The van der Waals surface area contributed by atoms with Crippen LogP contribution in [-0.2, 0) is 13.1 Å². The van der Waals surface area contributed by atoms with Gasteiger partial charge in [-0.25, -0.2) is 0 Å². The fraction of sp³-hybridized carbons (Fsp3) is 0.647. The lowest BCUT2D eigenvalue weighted by Gasteiger charge is -2.28. The second-order valence-corrected chi connectivity index (χ2v) is 6.01. The van der Waals surface area contributed by atoms with Gasteiger partial charge in [0.05, 0.1) is 0 Å². The van der Waals surface area contributed by atoms with E-state index >= 15 is 0 Å². The van der Waals surface area contributed by atoms with Crippen LogP contribution in [0.25, 0.3) is 0 Å². The van der Waals surface area contributed by atoms with Gasteiger partial charge in [0, 0.05) is 25.7 Å². The van der Waals surface area contributed by atoms with Crippen LogP contribution in [0.2, 0.25) is 0 Å². The van der Waals surface area contributed by atoms with Crippen LogP contribution in [0.1, 0.15) is 45.7 Å². The van der Waals surface area contributed by atoms with Gasteiger partial charge in [-0.2, -0.15) is 0 Å². The Kier molecular flexibility index (Phi) is 7.11. The molecule has 2 nitrogen and oxygen atoms in total. The molecule has 2 heteroatoms. The first-order valence-corrected chi connectivity index (χ1v) is 7.55. The highest BCUT2D eigenvalue weighted by molar-refractivity contribution is 5.22. The van der Waals surface area contributed by atoms with Gasteiger partial charge in [0.15, 0.2) is 0 Å². The third kappa shape index (κ3) is 6.22. The van der Waals surface area contributed by atoms with E-state index in [1.54, 1.807) is 0 Å². The van der Waals surface area contributed by atoms with Crippen molar-refractivity contribution >= 4 is 0 Å². The lowest BCUT2D eigenvalue weighted by molar-refractivity contribution is 0.189. The minimum absolute atomic E-state index is 0.601. The largest absolute Gasteiger partial charge is 0.313 e. The molecule has 108 valence electrons. The smallest absolute Gasteiger partial charge is 0.0236 e. The predicted octanol–water partition coefficient (Wildman–Crippen LogP) is 3.66. The van der Waals surface area contributed by atoms with E-state index in [1.165, 1.54) is 11.1 Å². The molecule has 1 aromatic rings. The quantitative estimate of drug-likeness (QED) is 0.769. The van der Waals surface area contributed by atoms with Crippen molar-refractivity contribution in [2.24, 2.45) is 5.92 Å². The van der Waals surface area contributed by atoms with E-state index in [-0.39, 0.29) is 0 Å². The van der Waals surface area contributed by atoms with Gasteiger partial charge in [-0.05, 0) is 37.4 Å². The second kappa shape index (κ2) is 8.34. The van der Waals surface area contributed by atoms with Gasteiger partial charge in [-0.3, -0.25) is 4.90 Å². The fourth-order valence-corrected chi connectivity index (χ4v) is 2.19. The van der Waals surface area contributed by atoms with Gasteiger partial charge in [0.1, 0.15) is 0 Å². The summed E-state index contributed by atoms with van der Waals surface area (Å²) in [7, 11) is 0. The number of nitrogens with one attached hydrogen (secondary N) is 1. The predicted molar refractivity (Wildman–Crippen MR) is 84.2 cm³/mol. The summed E-state index contributed by atoms with van der Waals surface area (Å²) in [6.45, 7) is 15.5. The lowest BCUT2D eigenvalue weighted by atomic mass is 10.1. The molecule has 0 bridgehead atoms. The highest BCUT2D eigenvalue weighted by Crippen LogP contribution is 2.12. The molecule has 0 radical (unpaired) electrons. The summed E-state index contributed by atoms with van der Waals surface area (Å²) in [6, 6.07) is 9.62. The molecule has 0 saturated heterocycles. The van der Waals surface area contributed by atoms with E-state index in [2.05, 4.69) is 69.1 Å². The average molecular weight is 262 g/mol. The normalized spacial score (nSPS) is 11.8. The van der Waals surface area contributed by atoms with Crippen molar-refractivity contribution in [3.05, 3.63) is 35.4 Å². The Balaban J connectivity index is 2.59. The van der Waals surface area contributed by atoms with Crippen molar-refractivity contribution in [2.75, 3.05) is 13.1 Å². The molecule has 1 aromatic carbocycles. The van der Waals surface area contributed by atoms with E-state index in [9.17, 15) is 0 Å². The molecule has 0 aliphatic rings. The average Bonchev–Trinajstić information content (AvgIpc) is 2.36. The number of rotatable bonds is 8. The zero-order valence-corrected chi connectivity index (χ0v) is 13.2. The lowest BCUT2D eigenvalue weighted by Crippen LogP contribution is -2.33. The maximum atomic E-state index is 3.36. The Morgan fingerprint density at radius 2 is 1.58 bits per heavy atom. The van der Waals surface area contributed by atoms with Crippen molar-refractivity contribution in [3.8, 4) is 0 Å². The van der Waals surface area contributed by atoms with Crippen LogP contribution < -0.4 is 5.32 Å². The zero-order chi connectivity index (χ0) is 14.3. The molecule has 0 spiro atoms. The standard InChI is InChI=1S/C17H30N2/c1-6-18-11-16-7-9-17(10-8-16)13-19(15(4)5)12-14(2)3/h7-10,14-15,18H,6,11-13H2,1-5H3. The molecule has 0 amide bonds. The van der Waals surface area contributed by atoms with Crippen LogP contribution in [0.5, 0.6) is 0 Å². The molecule has 0 atom stereocenters. The Hall–Kier alpha value is -0.860. The van der Waals surface area contributed by atoms with Crippen molar-refractivity contribution in [3.63, 3.8) is 0 Å². The van der Waals surface area contributed by atoms with Crippen LogP contribution in [0.15, 0.2) is 24.3 Å². The molecule has 1 N–H and O–H groups in total. The monoisotopic (exact) mass is 262 g/mol. The second-order valence-electron chi connectivity index (χ2n) is 6.01. The molecule has 19 heavy (non-hydrogen) atoms. The molecule has 0 aromatic heterocycles. The summed E-state index contributed by atoms with van der Waals surface area (Å²) in [4.78, 5) is 2.55. The molecule has 0 heterocycles. The van der Waals surface area contributed by atoms with Crippen LogP contribution >= 0.6 is 0 Å². The van der Waals surface area contributed by atoms with Crippen LogP contribution in [0, 0.1) is 5.92 Å². The number of benzene rings is 1. The van der Waals surface area contributed by atoms with E-state index < -0.39 is 0 Å². The summed E-state index contributed by atoms with van der Waals surface area (Å²) >= 11 is 0. The van der Waals surface area contributed by atoms with Gasteiger partial charge in [-0.15, -0.1) is 0 Å². The Bertz CT molecular complexity index is 341. The van der Waals surface area contributed by atoms with E-state index in [0.717, 1.165) is 32.1 Å². The minimum atomic E-state index is 0.601. The van der Waals surface area contributed by atoms with Crippen LogP contribution in [0.4, 0.5) is 0 Å². The number of nitrogens with zero attached hydrogens (tertiary/aromatic N) is 1. The molecule has 0 saturated carbocycles. The van der Waals surface area contributed by atoms with Crippen LogP contribution in [0.3, 0.4) is 0 Å².